The van der Waals surface area contributed by atoms with Crippen molar-refractivity contribution in [1.29, 1.82) is 0 Å². The third kappa shape index (κ3) is 6.77. The molecule has 0 bridgehead atoms. The van der Waals surface area contributed by atoms with E-state index < -0.39 is 0 Å². The fourth-order valence-corrected chi connectivity index (χ4v) is 8.74. The van der Waals surface area contributed by atoms with Crippen molar-refractivity contribution in [3.63, 3.8) is 0 Å². The minimum absolute atomic E-state index is 0.0942. The molecular weight excluding hydrogens is 581 g/mol. The lowest BCUT2D eigenvalue weighted by Crippen LogP contribution is -2.43. The second-order valence-electron chi connectivity index (χ2n) is 15.0. The Morgan fingerprint density at radius 1 is 0.583 bits per heavy atom. The lowest BCUT2D eigenvalue weighted by Gasteiger charge is -2.43. The highest BCUT2D eigenvalue weighted by Crippen LogP contribution is 2.48. The molecular formula is C46H54N2. The van der Waals surface area contributed by atoms with Gasteiger partial charge in [-0.3, -0.25) is 0 Å². The summed E-state index contributed by atoms with van der Waals surface area (Å²) in [4.78, 5) is 5.27. The zero-order chi connectivity index (χ0) is 33.1. The van der Waals surface area contributed by atoms with Crippen LogP contribution in [0, 0.1) is 13.8 Å². The predicted molar refractivity (Wildman–Crippen MR) is 207 cm³/mol. The van der Waals surface area contributed by atoms with Gasteiger partial charge in [0.05, 0.1) is 12.1 Å². The molecule has 2 heteroatoms. The number of anilines is 3. The van der Waals surface area contributed by atoms with E-state index in [-0.39, 0.29) is 5.41 Å². The SMILES string of the molecule is CC1=CCC(N(c2ccc(C)cc2)C2C=CC(C3(c4ccc(N(c5ccc(C)cc5)C5CC=C(C)CC5)cc4)CCCCC3)=CC2)C=C1. The Labute approximate surface area is 290 Å². The molecule has 4 aliphatic rings. The number of nitrogens with zero attached hydrogens (tertiary/aromatic N) is 2. The number of hydrogen-bond donors (Lipinski definition) is 0. The molecule has 0 saturated heterocycles. The van der Waals surface area contributed by atoms with E-state index >= 15 is 0 Å². The first-order valence-electron chi connectivity index (χ1n) is 18.6. The Morgan fingerprint density at radius 2 is 1.17 bits per heavy atom. The van der Waals surface area contributed by atoms with Crippen LogP contribution in [0.15, 0.2) is 132 Å². The highest BCUT2D eigenvalue weighted by Gasteiger charge is 2.38. The van der Waals surface area contributed by atoms with Crippen molar-refractivity contribution in [1.82, 2.24) is 0 Å². The molecule has 2 nitrogen and oxygen atoms in total. The van der Waals surface area contributed by atoms with Gasteiger partial charge in [-0.05, 0) is 120 Å². The quantitative estimate of drug-likeness (QED) is 0.228. The third-order valence-corrected chi connectivity index (χ3v) is 11.6. The van der Waals surface area contributed by atoms with Crippen LogP contribution < -0.4 is 9.80 Å². The Hall–Kier alpha value is -4.04. The van der Waals surface area contributed by atoms with E-state index in [4.69, 9.17) is 0 Å². The average molecular weight is 635 g/mol. The molecule has 4 aliphatic carbocycles. The molecule has 3 aromatic rings. The van der Waals surface area contributed by atoms with Crippen LogP contribution in [0.2, 0.25) is 0 Å². The van der Waals surface area contributed by atoms with Gasteiger partial charge in [0.2, 0.25) is 0 Å². The number of hydrogen-bond acceptors (Lipinski definition) is 2. The Bertz CT molecular complexity index is 1710. The minimum Gasteiger partial charge on any atom is -0.358 e. The standard InChI is InChI=1S/C46H54N2/c1-34-8-20-40(21-9-34)47(41-22-10-35(2)11-23-41)44-28-16-38(17-29-44)46(32-6-5-7-33-46)39-18-30-45(31-19-39)48(42-24-12-36(3)13-25-42)43-26-14-37(4)15-27-43/h8-14,16-22,24-25,28,30-31,41,43-44H,5-7,15,23,26-27,29,32-33H2,1-4H3. The van der Waals surface area contributed by atoms with Gasteiger partial charge < -0.3 is 9.80 Å². The number of benzene rings is 3. The van der Waals surface area contributed by atoms with E-state index in [1.165, 1.54) is 95.4 Å². The minimum atomic E-state index is 0.0942. The third-order valence-electron chi connectivity index (χ3n) is 11.6. The fraction of sp³-hybridized carbons (Fsp3) is 0.391. The van der Waals surface area contributed by atoms with Gasteiger partial charge in [-0.15, -0.1) is 0 Å². The first kappa shape index (κ1) is 32.5. The molecule has 248 valence electrons. The van der Waals surface area contributed by atoms with Gasteiger partial charge in [-0.2, -0.15) is 0 Å². The second-order valence-corrected chi connectivity index (χ2v) is 15.0. The Balaban J connectivity index is 1.17. The van der Waals surface area contributed by atoms with E-state index in [0.717, 1.165) is 19.3 Å². The average Bonchev–Trinajstić information content (AvgIpc) is 3.13. The molecule has 0 heterocycles. The van der Waals surface area contributed by atoms with E-state index in [1.807, 2.05) is 0 Å². The van der Waals surface area contributed by atoms with Crippen molar-refractivity contribution >= 4 is 17.1 Å². The van der Waals surface area contributed by atoms with Crippen molar-refractivity contribution in [2.24, 2.45) is 0 Å². The first-order valence-corrected chi connectivity index (χ1v) is 18.6. The van der Waals surface area contributed by atoms with Gasteiger partial charge in [0.15, 0.2) is 0 Å². The normalized spacial score (nSPS) is 23.6. The van der Waals surface area contributed by atoms with Crippen molar-refractivity contribution in [3.05, 3.63) is 149 Å². The van der Waals surface area contributed by atoms with Crippen molar-refractivity contribution in [3.8, 4) is 0 Å². The van der Waals surface area contributed by atoms with Crippen LogP contribution in [0.25, 0.3) is 0 Å². The summed E-state index contributed by atoms with van der Waals surface area (Å²) >= 11 is 0. The zero-order valence-electron chi connectivity index (χ0n) is 29.7. The maximum atomic E-state index is 2.66. The summed E-state index contributed by atoms with van der Waals surface area (Å²) < 4.78 is 0. The molecule has 3 aromatic carbocycles. The lowest BCUT2D eigenvalue weighted by atomic mass is 9.64. The van der Waals surface area contributed by atoms with Crippen LogP contribution in [0.1, 0.15) is 94.7 Å². The van der Waals surface area contributed by atoms with Gasteiger partial charge >= 0.3 is 0 Å². The predicted octanol–water partition coefficient (Wildman–Crippen LogP) is 12.2. The van der Waals surface area contributed by atoms with Crippen molar-refractivity contribution < 1.29 is 0 Å². The number of aryl methyl sites for hydroxylation is 2. The maximum Gasteiger partial charge on any atom is 0.0517 e. The topological polar surface area (TPSA) is 6.48 Å². The van der Waals surface area contributed by atoms with Gasteiger partial charge in [-0.1, -0.05) is 120 Å². The number of allylic oxidation sites excluding steroid dienone is 5. The lowest BCUT2D eigenvalue weighted by molar-refractivity contribution is 0.343. The molecule has 0 radical (unpaired) electrons. The van der Waals surface area contributed by atoms with Crippen LogP contribution in [0.4, 0.5) is 17.1 Å². The van der Waals surface area contributed by atoms with Crippen LogP contribution in [-0.2, 0) is 5.41 Å². The van der Waals surface area contributed by atoms with Crippen LogP contribution in [0.3, 0.4) is 0 Å². The largest absolute Gasteiger partial charge is 0.358 e. The molecule has 3 atom stereocenters. The fourth-order valence-electron chi connectivity index (χ4n) is 8.74. The molecule has 1 saturated carbocycles. The van der Waals surface area contributed by atoms with Crippen LogP contribution >= 0.6 is 0 Å². The molecule has 1 fully saturated rings. The van der Waals surface area contributed by atoms with Crippen molar-refractivity contribution in [2.75, 3.05) is 9.80 Å². The molecule has 7 rings (SSSR count). The Kier molecular flexibility index (Phi) is 9.62. The van der Waals surface area contributed by atoms with Crippen LogP contribution in [-0.4, -0.2) is 18.1 Å². The second kappa shape index (κ2) is 14.2. The van der Waals surface area contributed by atoms with Gasteiger partial charge in [0.25, 0.3) is 0 Å². The molecule has 3 unspecified atom stereocenters. The monoisotopic (exact) mass is 634 g/mol. The Morgan fingerprint density at radius 3 is 1.71 bits per heavy atom. The van der Waals surface area contributed by atoms with Gasteiger partial charge in [0, 0.05) is 28.5 Å². The van der Waals surface area contributed by atoms with E-state index in [0.29, 0.717) is 18.1 Å². The molecule has 0 aliphatic heterocycles. The summed E-state index contributed by atoms with van der Waals surface area (Å²) in [6.07, 6.45) is 29.2. The highest BCUT2D eigenvalue weighted by molar-refractivity contribution is 5.66. The summed E-state index contributed by atoms with van der Waals surface area (Å²) in [6, 6.07) is 29.3. The number of rotatable bonds is 8. The molecule has 0 N–H and O–H groups in total. The van der Waals surface area contributed by atoms with E-state index in [9.17, 15) is 0 Å². The summed E-state index contributed by atoms with van der Waals surface area (Å²) in [7, 11) is 0. The zero-order valence-corrected chi connectivity index (χ0v) is 29.7. The van der Waals surface area contributed by atoms with E-state index in [2.05, 4.69) is 153 Å². The molecule has 0 aromatic heterocycles. The summed E-state index contributed by atoms with van der Waals surface area (Å²) in [5.41, 5.74) is 12.6. The van der Waals surface area contributed by atoms with Gasteiger partial charge in [-0.25, -0.2) is 0 Å². The first-order chi connectivity index (χ1) is 23.4. The highest BCUT2D eigenvalue weighted by atomic mass is 15.2. The smallest absolute Gasteiger partial charge is 0.0517 e. The van der Waals surface area contributed by atoms with Crippen LogP contribution in [0.5, 0.6) is 0 Å². The maximum absolute atomic E-state index is 2.66. The molecule has 48 heavy (non-hydrogen) atoms. The summed E-state index contributed by atoms with van der Waals surface area (Å²) in [5, 5.41) is 0. The molecule has 0 spiro atoms. The molecule has 0 amide bonds. The van der Waals surface area contributed by atoms with Crippen molar-refractivity contribution in [2.45, 2.75) is 115 Å². The van der Waals surface area contributed by atoms with Gasteiger partial charge in [0.1, 0.15) is 0 Å². The summed E-state index contributed by atoms with van der Waals surface area (Å²) in [5.74, 6) is 0. The van der Waals surface area contributed by atoms with E-state index in [1.54, 1.807) is 0 Å². The summed E-state index contributed by atoms with van der Waals surface area (Å²) in [6.45, 7) is 8.86.